The zero-order valence-corrected chi connectivity index (χ0v) is 26.6. The van der Waals surface area contributed by atoms with Crippen LogP contribution in [0.3, 0.4) is 0 Å². The van der Waals surface area contributed by atoms with Crippen LogP contribution in [0.5, 0.6) is 0 Å². The largest absolute Gasteiger partial charge is 0.453 e. The predicted molar refractivity (Wildman–Crippen MR) is 176 cm³/mol. The number of aliphatic hydroxyl groups excluding tert-OH is 1. The van der Waals surface area contributed by atoms with Gasteiger partial charge in [-0.2, -0.15) is 0 Å². The highest BCUT2D eigenvalue weighted by Gasteiger charge is 2.32. The van der Waals surface area contributed by atoms with Crippen molar-refractivity contribution in [1.82, 2.24) is 10.2 Å². The molecule has 0 unspecified atom stereocenters. The third-order valence-corrected chi connectivity index (χ3v) is 8.05. The highest BCUT2D eigenvalue weighted by atomic mass is 16.7. The summed E-state index contributed by atoms with van der Waals surface area (Å²) in [5.74, 6) is -0.833. The fourth-order valence-electron chi connectivity index (χ4n) is 5.67. The molecule has 0 aliphatic carbocycles. The Morgan fingerprint density at radius 2 is 1.57 bits per heavy atom. The molecule has 2 N–H and O–H groups in total. The van der Waals surface area contributed by atoms with Gasteiger partial charge in [0.25, 0.3) is 5.91 Å². The number of esters is 1. The fourth-order valence-corrected chi connectivity index (χ4v) is 5.67. The van der Waals surface area contributed by atoms with Crippen molar-refractivity contribution in [3.8, 4) is 11.1 Å². The Labute approximate surface area is 270 Å². The lowest BCUT2D eigenvalue weighted by molar-refractivity contribution is -0.252. The second-order valence-electron chi connectivity index (χ2n) is 11.8. The van der Waals surface area contributed by atoms with E-state index in [1.54, 1.807) is 6.92 Å². The zero-order valence-electron chi connectivity index (χ0n) is 26.6. The van der Waals surface area contributed by atoms with Crippen LogP contribution in [-0.4, -0.2) is 47.7 Å². The molecule has 1 aliphatic rings. The molecule has 1 amide bonds. The van der Waals surface area contributed by atoms with Gasteiger partial charge in [-0.1, -0.05) is 97.1 Å². The lowest BCUT2D eigenvalue weighted by atomic mass is 9.99. The van der Waals surface area contributed by atoms with E-state index in [1.165, 1.54) is 12.5 Å². The van der Waals surface area contributed by atoms with Gasteiger partial charge >= 0.3 is 5.97 Å². The topological polar surface area (TPSA) is 97.3 Å². The first kappa shape index (κ1) is 33.0. The highest BCUT2D eigenvalue weighted by molar-refractivity contribution is 5.82. The van der Waals surface area contributed by atoms with Crippen molar-refractivity contribution < 1.29 is 28.9 Å². The molecule has 5 rings (SSSR count). The quantitative estimate of drug-likeness (QED) is 0.185. The molecule has 0 aromatic heterocycles. The molecule has 4 aromatic carbocycles. The molecule has 0 bridgehead atoms. The first-order valence-corrected chi connectivity index (χ1v) is 15.6. The SMILES string of the molecule is CC(=O)O[C@@H](C)C(=O)NCc1cccc(-c2ccc([C@@H]3O[C@H](CN(C)Cc4ccccc4)C[C@H](c4ccc(CO)cc4)O3)cc2)c1. The molecule has 1 fully saturated rings. The summed E-state index contributed by atoms with van der Waals surface area (Å²) in [5.41, 5.74) is 7.08. The molecule has 1 aliphatic heterocycles. The van der Waals surface area contributed by atoms with Crippen molar-refractivity contribution in [2.24, 2.45) is 0 Å². The summed E-state index contributed by atoms with van der Waals surface area (Å²) < 4.78 is 18.1. The van der Waals surface area contributed by atoms with Crippen molar-refractivity contribution in [3.63, 3.8) is 0 Å². The number of carbonyl (C=O) groups excluding carboxylic acids is 2. The molecule has 4 aromatic rings. The van der Waals surface area contributed by atoms with Crippen molar-refractivity contribution in [1.29, 1.82) is 0 Å². The lowest BCUT2D eigenvalue weighted by Crippen LogP contribution is -2.37. The van der Waals surface area contributed by atoms with Crippen molar-refractivity contribution in [3.05, 3.63) is 131 Å². The van der Waals surface area contributed by atoms with Gasteiger partial charge < -0.3 is 24.6 Å². The van der Waals surface area contributed by atoms with E-state index < -0.39 is 18.4 Å². The van der Waals surface area contributed by atoms with Gasteiger partial charge in [-0.15, -0.1) is 0 Å². The van der Waals surface area contributed by atoms with Crippen LogP contribution in [0.25, 0.3) is 11.1 Å². The van der Waals surface area contributed by atoms with Crippen molar-refractivity contribution >= 4 is 11.9 Å². The maximum atomic E-state index is 12.3. The van der Waals surface area contributed by atoms with E-state index in [0.29, 0.717) is 6.54 Å². The van der Waals surface area contributed by atoms with E-state index in [9.17, 15) is 14.7 Å². The van der Waals surface area contributed by atoms with E-state index in [0.717, 1.165) is 52.9 Å². The smallest absolute Gasteiger partial charge is 0.303 e. The van der Waals surface area contributed by atoms with E-state index in [4.69, 9.17) is 14.2 Å². The maximum Gasteiger partial charge on any atom is 0.303 e. The monoisotopic (exact) mass is 622 g/mol. The second-order valence-corrected chi connectivity index (χ2v) is 11.8. The van der Waals surface area contributed by atoms with Crippen LogP contribution in [0, 0.1) is 0 Å². The first-order valence-electron chi connectivity index (χ1n) is 15.6. The van der Waals surface area contributed by atoms with E-state index in [-0.39, 0.29) is 24.7 Å². The van der Waals surface area contributed by atoms with Crippen LogP contribution >= 0.6 is 0 Å². The normalized spacial score (nSPS) is 18.6. The lowest BCUT2D eigenvalue weighted by Gasteiger charge is -2.38. The minimum atomic E-state index is -0.846. The Morgan fingerprint density at radius 1 is 0.870 bits per heavy atom. The van der Waals surface area contributed by atoms with E-state index in [2.05, 4.69) is 53.7 Å². The summed E-state index contributed by atoms with van der Waals surface area (Å²) in [7, 11) is 2.11. The van der Waals surface area contributed by atoms with Crippen LogP contribution in [0.4, 0.5) is 0 Å². The van der Waals surface area contributed by atoms with E-state index >= 15 is 0 Å². The number of carbonyl (C=O) groups is 2. The maximum absolute atomic E-state index is 12.3. The molecular weight excluding hydrogens is 580 g/mol. The number of hydrogen-bond donors (Lipinski definition) is 2. The van der Waals surface area contributed by atoms with Gasteiger partial charge in [-0.25, -0.2) is 0 Å². The van der Waals surface area contributed by atoms with Gasteiger partial charge in [-0.05, 0) is 53.4 Å². The fraction of sp³-hybridized carbons (Fsp3) is 0.316. The van der Waals surface area contributed by atoms with Gasteiger partial charge in [0.05, 0.1) is 18.8 Å². The van der Waals surface area contributed by atoms with Crippen LogP contribution < -0.4 is 5.32 Å². The van der Waals surface area contributed by atoms with Gasteiger partial charge in [0.15, 0.2) is 12.4 Å². The summed E-state index contributed by atoms with van der Waals surface area (Å²) in [5, 5.41) is 12.3. The number of hydrogen-bond acceptors (Lipinski definition) is 7. The van der Waals surface area contributed by atoms with Gasteiger partial charge in [-0.3, -0.25) is 14.5 Å². The minimum absolute atomic E-state index is 0.00360. The summed E-state index contributed by atoms with van der Waals surface area (Å²) >= 11 is 0. The number of aliphatic hydroxyl groups is 1. The van der Waals surface area contributed by atoms with Crippen molar-refractivity contribution in [2.75, 3.05) is 13.6 Å². The summed E-state index contributed by atoms with van der Waals surface area (Å²) in [4.78, 5) is 25.7. The number of nitrogens with zero attached hydrogens (tertiary/aromatic N) is 1. The molecular formula is C38H42N2O6. The van der Waals surface area contributed by atoms with Crippen LogP contribution in [0.2, 0.25) is 0 Å². The average molecular weight is 623 g/mol. The summed E-state index contributed by atoms with van der Waals surface area (Å²) in [6.45, 7) is 4.73. The third-order valence-electron chi connectivity index (χ3n) is 8.05. The van der Waals surface area contributed by atoms with E-state index in [1.807, 2.05) is 66.7 Å². The van der Waals surface area contributed by atoms with Crippen LogP contribution in [0.15, 0.2) is 103 Å². The number of nitrogens with one attached hydrogen (secondary N) is 1. The Kier molecular flexibility index (Phi) is 11.3. The van der Waals surface area contributed by atoms with Crippen LogP contribution in [0.1, 0.15) is 60.5 Å². The molecule has 1 heterocycles. The Morgan fingerprint density at radius 3 is 2.26 bits per heavy atom. The average Bonchev–Trinajstić information content (AvgIpc) is 3.07. The Bertz CT molecular complexity index is 1580. The number of rotatable bonds is 12. The first-order chi connectivity index (χ1) is 22.3. The molecule has 0 spiro atoms. The Balaban J connectivity index is 1.28. The molecule has 1 saturated heterocycles. The standard InChI is InChI=1S/C38H42N2O6/c1-26(44-27(2)42)37(43)39-22-30-10-7-11-34(20-30)31-16-18-33(19-17-31)38-45-35(24-40(3)23-28-8-5-4-6-9-28)21-36(46-38)32-14-12-29(25-41)13-15-32/h4-20,26,35-36,38,41H,21-25H2,1-3H3,(H,39,43)/t26-,35-,36+,38+/m0/s1. The Hall–Kier alpha value is -4.34. The molecule has 0 saturated carbocycles. The number of likely N-dealkylation sites (N-methyl/N-ethyl adjacent to an activating group) is 1. The number of benzene rings is 4. The molecule has 0 radical (unpaired) electrons. The predicted octanol–water partition coefficient (Wildman–Crippen LogP) is 6.09. The van der Waals surface area contributed by atoms with Gasteiger partial charge in [0.2, 0.25) is 0 Å². The van der Waals surface area contributed by atoms with Crippen LogP contribution in [-0.2, 0) is 43.5 Å². The van der Waals surface area contributed by atoms with Crippen molar-refractivity contribution in [2.45, 2.75) is 64.6 Å². The highest BCUT2D eigenvalue weighted by Crippen LogP contribution is 2.38. The number of amides is 1. The molecule has 240 valence electrons. The van der Waals surface area contributed by atoms with Gasteiger partial charge in [0, 0.05) is 38.5 Å². The number of ether oxygens (including phenoxy) is 3. The molecule has 8 heteroatoms. The zero-order chi connectivity index (χ0) is 32.5. The molecule has 46 heavy (non-hydrogen) atoms. The van der Waals surface area contributed by atoms with Gasteiger partial charge in [0.1, 0.15) is 0 Å². The molecule has 4 atom stereocenters. The second kappa shape index (κ2) is 15.8. The summed E-state index contributed by atoms with van der Waals surface area (Å²) in [6.07, 6.45) is -0.876. The molecule has 8 nitrogen and oxygen atoms in total. The minimum Gasteiger partial charge on any atom is -0.453 e. The summed E-state index contributed by atoms with van der Waals surface area (Å²) in [6, 6.07) is 34.5. The third kappa shape index (κ3) is 9.11.